The van der Waals surface area contributed by atoms with Gasteiger partial charge in [0.05, 0.1) is 30.0 Å². The van der Waals surface area contributed by atoms with Crippen molar-refractivity contribution in [3.8, 4) is 17.4 Å². The number of aryl methyl sites for hydroxylation is 2. The summed E-state index contributed by atoms with van der Waals surface area (Å²) in [6.45, 7) is 7.13. The molecule has 0 unspecified atom stereocenters. The Labute approximate surface area is 337 Å². The van der Waals surface area contributed by atoms with Crippen LogP contribution >= 0.6 is 0 Å². The predicted octanol–water partition coefficient (Wildman–Crippen LogP) is 3.17. The van der Waals surface area contributed by atoms with E-state index in [1.807, 2.05) is 32.9 Å². The molecule has 2 saturated carbocycles. The summed E-state index contributed by atoms with van der Waals surface area (Å²) in [4.78, 5) is 62.6. The first-order valence-electron chi connectivity index (χ1n) is 19.4. The molecule has 58 heavy (non-hydrogen) atoms. The fourth-order valence-corrected chi connectivity index (χ4v) is 8.78. The lowest BCUT2D eigenvalue weighted by Crippen LogP contribution is -2.58. The third-order valence-electron chi connectivity index (χ3n) is 11.2. The number of carbonyl (C=O) groups is 4. The molecule has 3 fully saturated rings. The van der Waals surface area contributed by atoms with Crippen molar-refractivity contribution in [3.63, 3.8) is 0 Å². The Morgan fingerprint density at radius 1 is 1.07 bits per heavy atom. The number of hydrogen-bond donors (Lipinski definition) is 3. The van der Waals surface area contributed by atoms with E-state index < -0.39 is 68.0 Å². The molecule has 4 aliphatic rings. The van der Waals surface area contributed by atoms with Crippen molar-refractivity contribution >= 4 is 44.6 Å². The number of hydrogen-bond acceptors (Lipinski definition) is 11. The molecule has 0 radical (unpaired) electrons. The van der Waals surface area contributed by atoms with E-state index in [0.717, 1.165) is 5.56 Å². The van der Waals surface area contributed by atoms with Gasteiger partial charge < -0.3 is 29.7 Å². The molecule has 4 heterocycles. The van der Waals surface area contributed by atoms with Crippen molar-refractivity contribution < 1.29 is 41.8 Å². The summed E-state index contributed by atoms with van der Waals surface area (Å²) in [6.07, 6.45) is 12.2. The lowest BCUT2D eigenvalue weighted by Gasteiger charge is -2.29. The van der Waals surface area contributed by atoms with E-state index >= 15 is 0 Å². The Balaban J connectivity index is 1.25. The summed E-state index contributed by atoms with van der Waals surface area (Å²) < 4.78 is 47.3. The molecule has 16 nitrogen and oxygen atoms in total. The van der Waals surface area contributed by atoms with Gasteiger partial charge in [0.1, 0.15) is 40.9 Å². The summed E-state index contributed by atoms with van der Waals surface area (Å²) in [5.74, 6) is -1.76. The molecule has 3 aromatic rings. The molecule has 2 aliphatic heterocycles. The number of benzene rings is 1. The first-order chi connectivity index (χ1) is 27.5. The number of pyridine rings is 1. The molecule has 2 aliphatic carbocycles. The van der Waals surface area contributed by atoms with Crippen molar-refractivity contribution in [2.75, 3.05) is 13.7 Å². The van der Waals surface area contributed by atoms with Gasteiger partial charge in [-0.05, 0) is 77.5 Å². The van der Waals surface area contributed by atoms with Gasteiger partial charge in [0.25, 0.3) is 11.8 Å². The maximum atomic E-state index is 14.7. The Hall–Kier alpha value is -5.71. The minimum atomic E-state index is -4.02. The third-order valence-corrected chi connectivity index (χ3v) is 13.4. The van der Waals surface area contributed by atoms with Crippen LogP contribution in [0, 0.1) is 12.8 Å². The normalized spacial score (nSPS) is 26.9. The molecule has 0 spiro atoms. The Kier molecular flexibility index (Phi) is 10.9. The van der Waals surface area contributed by atoms with Crippen molar-refractivity contribution in [2.45, 2.75) is 94.4 Å². The van der Waals surface area contributed by atoms with Crippen LogP contribution in [-0.4, -0.2) is 99.9 Å². The van der Waals surface area contributed by atoms with Crippen LogP contribution in [0.1, 0.15) is 68.9 Å². The van der Waals surface area contributed by atoms with Crippen molar-refractivity contribution in [3.05, 3.63) is 78.2 Å². The monoisotopic (exact) mass is 815 g/mol. The van der Waals surface area contributed by atoms with E-state index in [1.54, 1.807) is 63.7 Å². The molecule has 17 heteroatoms. The number of rotatable bonds is 10. The van der Waals surface area contributed by atoms with E-state index in [1.165, 1.54) is 21.7 Å². The topological polar surface area (TPSA) is 200 Å². The summed E-state index contributed by atoms with van der Waals surface area (Å²) in [5, 5.41) is 10.5. The third kappa shape index (κ3) is 8.04. The van der Waals surface area contributed by atoms with Crippen LogP contribution in [0.25, 0.3) is 10.9 Å². The zero-order chi connectivity index (χ0) is 41.6. The fourth-order valence-electron chi connectivity index (χ4n) is 7.47. The van der Waals surface area contributed by atoms with E-state index in [0.29, 0.717) is 47.5 Å². The maximum absolute atomic E-state index is 14.7. The standard InChI is InChI=1S/C41H49N7O9S/c1-24(2)56-34-21-33(28-14-15-32(55-6)25(3)35(28)43-34)57-27-20-31-37(50)44-41(39(52)46-58(53,54)40(4)17-18-40)22-26(41)12-10-8-7-9-11-13-30(38(51)48(31)23-27)42-36(49)29-16-19-47(5)45-29/h7-11,13-16,19,21,24,26-27,30-31H,12,17-18,20,22-23H2,1-6H3,(H,42,49)(H,44,50)(H,46,52)/b9-7-,10-8+,13-11+/t26-,27-,30+,31+,41-/m1/s1. The zero-order valence-corrected chi connectivity index (χ0v) is 34.2. The van der Waals surface area contributed by atoms with Crippen LogP contribution in [0.3, 0.4) is 0 Å². The number of amides is 4. The first-order valence-corrected chi connectivity index (χ1v) is 20.8. The summed E-state index contributed by atoms with van der Waals surface area (Å²) in [5.41, 5.74) is -0.103. The second kappa shape index (κ2) is 15.6. The van der Waals surface area contributed by atoms with Gasteiger partial charge in [-0.3, -0.25) is 28.6 Å². The lowest BCUT2D eigenvalue weighted by molar-refractivity contribution is -0.140. The Morgan fingerprint density at radius 2 is 1.83 bits per heavy atom. The van der Waals surface area contributed by atoms with E-state index in [-0.39, 0.29) is 31.2 Å². The number of ether oxygens (including phenoxy) is 3. The number of nitrogens with one attached hydrogen (secondary N) is 3. The quantitative estimate of drug-likeness (QED) is 0.272. The van der Waals surface area contributed by atoms with Crippen molar-refractivity contribution in [1.82, 2.24) is 35.0 Å². The number of fused-ring (bicyclic) bond motifs is 3. The molecule has 1 saturated heterocycles. The molecule has 4 amide bonds. The second-order valence-corrected chi connectivity index (χ2v) is 18.1. The molecule has 7 rings (SSSR count). The number of sulfonamides is 1. The van der Waals surface area contributed by atoms with Crippen LogP contribution < -0.4 is 29.6 Å². The number of nitrogens with zero attached hydrogens (tertiary/aromatic N) is 4. The average Bonchev–Trinajstić information content (AvgIpc) is 3.97. The maximum Gasteiger partial charge on any atom is 0.272 e. The van der Waals surface area contributed by atoms with Crippen LogP contribution in [0.2, 0.25) is 0 Å². The van der Waals surface area contributed by atoms with Crippen LogP contribution in [0.5, 0.6) is 17.4 Å². The van der Waals surface area contributed by atoms with Gasteiger partial charge in [-0.2, -0.15) is 5.10 Å². The van der Waals surface area contributed by atoms with Gasteiger partial charge in [-0.1, -0.05) is 36.5 Å². The highest BCUT2D eigenvalue weighted by atomic mass is 32.2. The Morgan fingerprint density at radius 3 is 2.52 bits per heavy atom. The minimum absolute atomic E-state index is 0.0000594. The summed E-state index contributed by atoms with van der Waals surface area (Å²) in [7, 11) is -0.785. The minimum Gasteiger partial charge on any atom is -0.496 e. The van der Waals surface area contributed by atoms with E-state index in [2.05, 4.69) is 20.5 Å². The number of carbonyl (C=O) groups excluding carboxylic acids is 4. The first kappa shape index (κ1) is 40.5. The van der Waals surface area contributed by atoms with Crippen LogP contribution in [0.15, 0.2) is 66.9 Å². The lowest BCUT2D eigenvalue weighted by atomic mass is 10.1. The number of allylic oxidation sites excluding steroid dienone is 5. The molecular weight excluding hydrogens is 767 g/mol. The van der Waals surface area contributed by atoms with Gasteiger partial charge in [-0.25, -0.2) is 13.4 Å². The highest BCUT2D eigenvalue weighted by Gasteiger charge is 2.63. The average molecular weight is 816 g/mol. The molecule has 308 valence electrons. The SMILES string of the molecule is COc1ccc2c(O[C@@H]3C[C@H]4C(=O)N[C@]5(C(=O)NS(=O)(=O)C6(C)CC6)C[C@H]5C/C=C/C=C\C=C\[C@H](NC(=O)c5ccn(C)n5)C(=O)N4C3)cc(OC(C)C)nc2c1C. The van der Waals surface area contributed by atoms with Gasteiger partial charge in [0.2, 0.25) is 27.7 Å². The molecule has 2 aromatic heterocycles. The van der Waals surface area contributed by atoms with Crippen molar-refractivity contribution in [2.24, 2.45) is 13.0 Å². The highest BCUT2D eigenvalue weighted by molar-refractivity contribution is 7.91. The smallest absolute Gasteiger partial charge is 0.272 e. The predicted molar refractivity (Wildman–Crippen MR) is 214 cm³/mol. The van der Waals surface area contributed by atoms with E-state index in [4.69, 9.17) is 19.2 Å². The molecule has 5 atom stereocenters. The largest absolute Gasteiger partial charge is 0.496 e. The zero-order valence-electron chi connectivity index (χ0n) is 33.4. The molecular formula is C41H49N7O9S. The van der Waals surface area contributed by atoms with Gasteiger partial charge in [0, 0.05) is 36.7 Å². The second-order valence-electron chi connectivity index (χ2n) is 15.9. The summed E-state index contributed by atoms with van der Waals surface area (Å²) >= 11 is 0. The van der Waals surface area contributed by atoms with Gasteiger partial charge in [0.15, 0.2) is 0 Å². The van der Waals surface area contributed by atoms with Gasteiger partial charge in [-0.15, -0.1) is 0 Å². The Bertz CT molecular complexity index is 2350. The molecule has 0 bridgehead atoms. The van der Waals surface area contributed by atoms with Crippen LogP contribution in [-0.2, 0) is 31.5 Å². The van der Waals surface area contributed by atoms with Crippen molar-refractivity contribution in [1.29, 1.82) is 0 Å². The highest BCUT2D eigenvalue weighted by Crippen LogP contribution is 2.48. The van der Waals surface area contributed by atoms with Crippen LogP contribution in [0.4, 0.5) is 0 Å². The van der Waals surface area contributed by atoms with Gasteiger partial charge >= 0.3 is 0 Å². The number of aromatic nitrogens is 3. The summed E-state index contributed by atoms with van der Waals surface area (Å²) in [6, 6.07) is 4.39. The fraction of sp³-hybridized carbons (Fsp3) is 0.463. The molecule has 1 aromatic carbocycles. The van der Waals surface area contributed by atoms with E-state index in [9.17, 15) is 27.6 Å². The molecule has 3 N–H and O–H groups in total. The number of methoxy groups -OCH3 is 1.